The summed E-state index contributed by atoms with van der Waals surface area (Å²) in [5.41, 5.74) is 3.95. The van der Waals surface area contributed by atoms with Gasteiger partial charge in [0.15, 0.2) is 5.82 Å². The maximum atomic E-state index is 15.1. The number of rotatable bonds is 7. The van der Waals surface area contributed by atoms with E-state index in [1.54, 1.807) is 18.2 Å². The minimum atomic E-state index is -1.15. The van der Waals surface area contributed by atoms with E-state index in [2.05, 4.69) is 31.7 Å². The van der Waals surface area contributed by atoms with Gasteiger partial charge in [-0.2, -0.15) is 0 Å². The highest BCUT2D eigenvalue weighted by molar-refractivity contribution is 9.10. The summed E-state index contributed by atoms with van der Waals surface area (Å²) in [5.74, 6) is -1.45. The molecule has 162 valence electrons. The van der Waals surface area contributed by atoms with Gasteiger partial charge in [0, 0.05) is 4.47 Å². The Morgan fingerprint density at radius 2 is 2.13 bits per heavy atom. The van der Waals surface area contributed by atoms with Crippen LogP contribution >= 0.6 is 38.9 Å². The van der Waals surface area contributed by atoms with Gasteiger partial charge in [-0.05, 0) is 24.3 Å². The summed E-state index contributed by atoms with van der Waals surface area (Å²) in [4.78, 5) is 21.4. The fourth-order valence-electron chi connectivity index (χ4n) is 2.30. The van der Waals surface area contributed by atoms with E-state index in [4.69, 9.17) is 21.5 Å². The van der Waals surface area contributed by atoms with E-state index in [0.29, 0.717) is 15.4 Å². The molecule has 3 rings (SSSR count). The third-order valence-electron chi connectivity index (χ3n) is 3.65. The van der Waals surface area contributed by atoms with Gasteiger partial charge < -0.3 is 15.5 Å². The van der Waals surface area contributed by atoms with Crippen molar-refractivity contribution in [2.45, 2.75) is 20.0 Å². The zero-order valence-corrected chi connectivity index (χ0v) is 19.2. The number of aliphatic hydroxyl groups is 2. The number of benzene rings is 2. The lowest BCUT2D eigenvalue weighted by atomic mass is 10.1. The summed E-state index contributed by atoms with van der Waals surface area (Å²) in [6, 6.07) is 6.45. The summed E-state index contributed by atoms with van der Waals surface area (Å²) >= 11 is 10.7. The lowest BCUT2D eigenvalue weighted by Gasteiger charge is -2.15. The van der Waals surface area contributed by atoms with Gasteiger partial charge in [0.2, 0.25) is 0 Å². The highest BCUT2D eigenvalue weighted by Gasteiger charge is 2.22. The third-order valence-corrected chi connectivity index (χ3v) is 5.24. The fraction of sp³-hybridized carbons (Fsp3) is 0.263. The number of hydrogen-bond acceptors (Lipinski definition) is 7. The van der Waals surface area contributed by atoms with Crippen molar-refractivity contribution in [1.82, 2.24) is 10.5 Å². The minimum Gasteiger partial charge on any atom is -0.394 e. The summed E-state index contributed by atoms with van der Waals surface area (Å²) in [5, 5.41) is 21.2. The Labute approximate surface area is 189 Å². The Morgan fingerprint density at radius 3 is 2.80 bits per heavy atom. The molecule has 1 atom stereocenters. The number of hydroxylamine groups is 1. The molecule has 3 aromatic rings. The molecule has 0 aliphatic carbocycles. The number of aromatic nitrogens is 1. The van der Waals surface area contributed by atoms with E-state index < -0.39 is 24.4 Å². The molecule has 0 aliphatic rings. The number of halogens is 3. The van der Waals surface area contributed by atoms with Crippen LogP contribution in [0.1, 0.15) is 24.2 Å². The Morgan fingerprint density at radius 1 is 1.40 bits per heavy atom. The zero-order valence-electron chi connectivity index (χ0n) is 16.1. The molecule has 0 saturated heterocycles. The van der Waals surface area contributed by atoms with Crippen molar-refractivity contribution < 1.29 is 24.2 Å². The van der Waals surface area contributed by atoms with Gasteiger partial charge in [0.1, 0.15) is 18.2 Å². The zero-order chi connectivity index (χ0) is 22.3. The highest BCUT2D eigenvalue weighted by Crippen LogP contribution is 2.35. The number of anilines is 2. The van der Waals surface area contributed by atoms with Crippen molar-refractivity contribution in [2.24, 2.45) is 0 Å². The van der Waals surface area contributed by atoms with Crippen molar-refractivity contribution >= 4 is 66.4 Å². The van der Waals surface area contributed by atoms with Crippen LogP contribution in [0.5, 0.6) is 0 Å². The molecule has 0 saturated carbocycles. The SMILES string of the molecule is CC.O=C(NOCC(O)CO)c1cc2scnc2c(F)c1Nc1ccc(Br)cc1Cl. The predicted octanol–water partition coefficient (Wildman–Crippen LogP) is 4.64. The molecule has 0 radical (unpaired) electrons. The summed E-state index contributed by atoms with van der Waals surface area (Å²) in [7, 11) is 0. The van der Waals surface area contributed by atoms with Crippen LogP contribution < -0.4 is 10.8 Å². The van der Waals surface area contributed by atoms with Gasteiger partial charge in [0.05, 0.1) is 38.8 Å². The van der Waals surface area contributed by atoms with E-state index in [9.17, 15) is 9.90 Å². The van der Waals surface area contributed by atoms with E-state index in [0.717, 1.165) is 4.47 Å². The number of amides is 1. The van der Waals surface area contributed by atoms with Crippen LogP contribution in [-0.2, 0) is 4.84 Å². The second kappa shape index (κ2) is 11.5. The Balaban J connectivity index is 0.00000155. The molecule has 1 unspecified atom stereocenters. The van der Waals surface area contributed by atoms with Crippen LogP contribution in [-0.4, -0.2) is 40.4 Å². The first-order chi connectivity index (χ1) is 14.4. The molecular formula is C19H20BrClFN3O4S. The largest absolute Gasteiger partial charge is 0.394 e. The molecule has 2 aromatic carbocycles. The van der Waals surface area contributed by atoms with Crippen LogP contribution in [0.15, 0.2) is 34.2 Å². The molecule has 7 nitrogen and oxygen atoms in total. The number of nitrogens with one attached hydrogen (secondary N) is 2. The van der Waals surface area contributed by atoms with Crippen molar-refractivity contribution in [1.29, 1.82) is 0 Å². The minimum absolute atomic E-state index is 0.0354. The monoisotopic (exact) mass is 519 g/mol. The first kappa shape index (κ1) is 24.4. The quantitative estimate of drug-likeness (QED) is 0.339. The smallest absolute Gasteiger partial charge is 0.277 e. The average molecular weight is 521 g/mol. The van der Waals surface area contributed by atoms with Gasteiger partial charge in [-0.15, -0.1) is 11.3 Å². The molecular weight excluding hydrogens is 501 g/mol. The fourth-order valence-corrected chi connectivity index (χ4v) is 3.73. The van der Waals surface area contributed by atoms with Crippen LogP contribution in [0.4, 0.5) is 15.8 Å². The normalized spacial score (nSPS) is 11.6. The van der Waals surface area contributed by atoms with Crippen molar-refractivity contribution in [3.05, 3.63) is 50.7 Å². The molecule has 11 heteroatoms. The topological polar surface area (TPSA) is 104 Å². The number of carbonyl (C=O) groups is 1. The first-order valence-electron chi connectivity index (χ1n) is 8.89. The molecule has 0 bridgehead atoms. The van der Waals surface area contributed by atoms with Gasteiger partial charge in [-0.25, -0.2) is 14.9 Å². The number of nitrogens with zero attached hydrogens (tertiary/aromatic N) is 1. The second-order valence-electron chi connectivity index (χ2n) is 5.64. The molecule has 0 fully saturated rings. The van der Waals surface area contributed by atoms with E-state index in [1.165, 1.54) is 22.9 Å². The van der Waals surface area contributed by atoms with Crippen LogP contribution in [0.2, 0.25) is 5.02 Å². The summed E-state index contributed by atoms with van der Waals surface area (Å²) < 4.78 is 16.3. The summed E-state index contributed by atoms with van der Waals surface area (Å²) in [6.45, 7) is 3.15. The molecule has 1 amide bonds. The number of carbonyl (C=O) groups excluding carboxylic acids is 1. The van der Waals surface area contributed by atoms with Crippen LogP contribution in [0, 0.1) is 5.82 Å². The van der Waals surface area contributed by atoms with Gasteiger partial charge >= 0.3 is 0 Å². The molecule has 0 aliphatic heterocycles. The maximum absolute atomic E-state index is 15.1. The molecule has 0 spiro atoms. The summed E-state index contributed by atoms with van der Waals surface area (Å²) in [6.07, 6.45) is -1.15. The van der Waals surface area contributed by atoms with Gasteiger partial charge in [0.25, 0.3) is 5.91 Å². The Bertz CT molecular complexity index is 1020. The third kappa shape index (κ3) is 5.87. The Kier molecular flexibility index (Phi) is 9.40. The number of thiazole rings is 1. The number of fused-ring (bicyclic) bond motifs is 1. The molecule has 1 heterocycles. The van der Waals surface area contributed by atoms with Gasteiger partial charge in [-0.3, -0.25) is 9.63 Å². The van der Waals surface area contributed by atoms with E-state index >= 15 is 4.39 Å². The number of hydrogen-bond donors (Lipinski definition) is 4. The second-order valence-corrected chi connectivity index (χ2v) is 7.85. The van der Waals surface area contributed by atoms with Crippen molar-refractivity contribution in [3.8, 4) is 0 Å². The maximum Gasteiger partial charge on any atom is 0.277 e. The van der Waals surface area contributed by atoms with Crippen molar-refractivity contribution in [2.75, 3.05) is 18.5 Å². The van der Waals surface area contributed by atoms with Crippen LogP contribution in [0.25, 0.3) is 10.2 Å². The Hall–Kier alpha value is -1.82. The molecule has 30 heavy (non-hydrogen) atoms. The lowest BCUT2D eigenvalue weighted by Crippen LogP contribution is -2.30. The average Bonchev–Trinajstić information content (AvgIpc) is 3.21. The first-order valence-corrected chi connectivity index (χ1v) is 10.9. The predicted molar refractivity (Wildman–Crippen MR) is 120 cm³/mol. The lowest BCUT2D eigenvalue weighted by molar-refractivity contribution is -0.0295. The van der Waals surface area contributed by atoms with E-state index in [-0.39, 0.29) is 23.4 Å². The number of aliphatic hydroxyl groups excluding tert-OH is 2. The van der Waals surface area contributed by atoms with E-state index in [1.807, 2.05) is 13.8 Å². The van der Waals surface area contributed by atoms with Crippen molar-refractivity contribution in [3.63, 3.8) is 0 Å². The standard InChI is InChI=1S/C17H14BrClFN3O4S.C2H6/c18-8-1-2-12(11(19)3-8)22-15-10(17(26)23-27-6-9(25)5-24)4-13-16(14(15)20)21-7-28-13;1-2/h1-4,7,9,22,24-25H,5-6H2,(H,23,26);1-2H3. The van der Waals surface area contributed by atoms with Gasteiger partial charge in [-0.1, -0.05) is 41.4 Å². The van der Waals surface area contributed by atoms with Crippen LogP contribution in [0.3, 0.4) is 0 Å². The molecule has 1 aromatic heterocycles. The molecule has 4 N–H and O–H groups in total. The highest BCUT2D eigenvalue weighted by atomic mass is 79.9.